The lowest BCUT2D eigenvalue weighted by Crippen LogP contribution is -2.56. The highest BCUT2D eigenvalue weighted by atomic mass is 35.5. The second-order valence-electron chi connectivity index (χ2n) is 7.33. The maximum Gasteiger partial charge on any atom is 0.312 e. The lowest BCUT2D eigenvalue weighted by molar-refractivity contribution is -0.171. The average Bonchev–Trinajstić information content (AvgIpc) is 2.79. The van der Waals surface area contributed by atoms with Crippen LogP contribution in [0.5, 0.6) is 0 Å². The minimum absolute atomic E-state index is 0.0349. The Bertz CT molecular complexity index is 571. The Labute approximate surface area is 134 Å². The number of nitrogens with zero attached hydrogens (tertiary/aromatic N) is 1. The van der Waals surface area contributed by atoms with Crippen molar-refractivity contribution < 1.29 is 9.53 Å². The maximum atomic E-state index is 12.7. The molecule has 2 unspecified atom stereocenters. The fourth-order valence-electron chi connectivity index (χ4n) is 5.16. The Morgan fingerprint density at radius 1 is 1.43 bits per heavy atom. The first-order valence-corrected chi connectivity index (χ1v) is 8.99. The SMILES string of the molecule is Cc1nc(COC(=O)C23CC4CC(CC(Cl)(C4)C2)C3)cs1. The summed E-state index contributed by atoms with van der Waals surface area (Å²) in [6, 6.07) is 0. The van der Waals surface area contributed by atoms with Gasteiger partial charge in [0, 0.05) is 10.3 Å². The van der Waals surface area contributed by atoms with Gasteiger partial charge in [0.15, 0.2) is 0 Å². The molecule has 4 aliphatic carbocycles. The molecule has 4 saturated carbocycles. The number of aromatic nitrogens is 1. The molecule has 0 amide bonds. The molecule has 0 aliphatic heterocycles. The molecule has 3 nitrogen and oxygen atoms in total. The van der Waals surface area contributed by atoms with E-state index >= 15 is 0 Å². The minimum atomic E-state index is -0.309. The Balaban J connectivity index is 1.49. The van der Waals surface area contributed by atoms with Crippen molar-refractivity contribution >= 4 is 28.9 Å². The summed E-state index contributed by atoms with van der Waals surface area (Å²) in [7, 11) is 0. The van der Waals surface area contributed by atoms with Gasteiger partial charge in [0.25, 0.3) is 0 Å². The van der Waals surface area contributed by atoms with Crippen LogP contribution in [0.2, 0.25) is 0 Å². The van der Waals surface area contributed by atoms with Crippen LogP contribution in [0, 0.1) is 24.2 Å². The van der Waals surface area contributed by atoms with E-state index in [2.05, 4.69) is 4.98 Å². The number of aryl methyl sites for hydroxylation is 1. The van der Waals surface area contributed by atoms with E-state index in [9.17, 15) is 4.79 Å². The highest BCUT2D eigenvalue weighted by Gasteiger charge is 2.60. The molecule has 0 aromatic carbocycles. The van der Waals surface area contributed by atoms with Gasteiger partial charge in [-0.2, -0.15) is 0 Å². The third kappa shape index (κ3) is 2.40. The summed E-state index contributed by atoms with van der Waals surface area (Å²) in [5.74, 6) is 1.21. The lowest BCUT2D eigenvalue weighted by atomic mass is 9.49. The van der Waals surface area contributed by atoms with Crippen LogP contribution in [0.1, 0.15) is 49.2 Å². The van der Waals surface area contributed by atoms with Gasteiger partial charge in [0.2, 0.25) is 0 Å². The molecular formula is C16H20ClNO2S. The van der Waals surface area contributed by atoms with Crippen LogP contribution in [-0.2, 0) is 16.1 Å². The Morgan fingerprint density at radius 3 is 2.71 bits per heavy atom. The molecule has 1 heterocycles. The number of carbonyl (C=O) groups excluding carboxylic acids is 1. The largest absolute Gasteiger partial charge is 0.459 e. The van der Waals surface area contributed by atoms with E-state index in [4.69, 9.17) is 16.3 Å². The molecular weight excluding hydrogens is 306 g/mol. The monoisotopic (exact) mass is 325 g/mol. The number of carbonyl (C=O) groups is 1. The molecule has 1 aromatic rings. The van der Waals surface area contributed by atoms with Crippen LogP contribution in [0.15, 0.2) is 5.38 Å². The zero-order chi connectivity index (χ0) is 14.7. The third-order valence-corrected chi connectivity index (χ3v) is 6.70. The number of esters is 1. The molecule has 21 heavy (non-hydrogen) atoms. The topological polar surface area (TPSA) is 39.2 Å². The Morgan fingerprint density at radius 2 is 2.14 bits per heavy atom. The van der Waals surface area contributed by atoms with Crippen LogP contribution in [0.4, 0.5) is 0 Å². The van der Waals surface area contributed by atoms with Crippen LogP contribution < -0.4 is 0 Å². The Hall–Kier alpha value is -0.610. The highest BCUT2D eigenvalue weighted by molar-refractivity contribution is 7.09. The van der Waals surface area contributed by atoms with E-state index < -0.39 is 0 Å². The molecule has 0 radical (unpaired) electrons. The van der Waals surface area contributed by atoms with Crippen LogP contribution >= 0.6 is 22.9 Å². The Kier molecular flexibility index (Phi) is 3.13. The predicted octanol–water partition coefficient (Wildman–Crippen LogP) is 4.07. The lowest BCUT2D eigenvalue weighted by Gasteiger charge is -2.58. The normalized spacial score (nSPS) is 40.5. The van der Waals surface area contributed by atoms with Crippen molar-refractivity contribution in [3.8, 4) is 0 Å². The molecule has 4 bridgehead atoms. The van der Waals surface area contributed by atoms with Crippen molar-refractivity contribution in [3.05, 3.63) is 16.1 Å². The highest BCUT2D eigenvalue weighted by Crippen LogP contribution is 2.64. The summed E-state index contributed by atoms with van der Waals surface area (Å²) in [6.45, 7) is 2.27. The van der Waals surface area contributed by atoms with Crippen molar-refractivity contribution in [1.29, 1.82) is 0 Å². The fraction of sp³-hybridized carbons (Fsp3) is 0.750. The summed E-state index contributed by atoms with van der Waals surface area (Å²) in [4.78, 5) is 16.9. The van der Waals surface area contributed by atoms with Crippen LogP contribution in [0.3, 0.4) is 0 Å². The van der Waals surface area contributed by atoms with E-state index in [0.717, 1.165) is 42.8 Å². The number of alkyl halides is 1. The molecule has 1 aromatic heterocycles. The average molecular weight is 326 g/mol. The summed E-state index contributed by atoms with van der Waals surface area (Å²) < 4.78 is 5.62. The molecule has 5 heteroatoms. The molecule has 0 spiro atoms. The van der Waals surface area contributed by atoms with Gasteiger partial charge >= 0.3 is 5.97 Å². The summed E-state index contributed by atoms with van der Waals surface area (Å²) in [5, 5.41) is 2.97. The number of halogens is 1. The molecule has 4 fully saturated rings. The van der Waals surface area contributed by atoms with Gasteiger partial charge in [-0.25, -0.2) is 4.98 Å². The minimum Gasteiger partial charge on any atom is -0.459 e. The predicted molar refractivity (Wildman–Crippen MR) is 82.3 cm³/mol. The number of hydrogen-bond acceptors (Lipinski definition) is 4. The van der Waals surface area contributed by atoms with Crippen molar-refractivity contribution in [1.82, 2.24) is 4.98 Å². The zero-order valence-electron chi connectivity index (χ0n) is 12.2. The van der Waals surface area contributed by atoms with E-state index in [-0.39, 0.29) is 16.3 Å². The standard InChI is InChI=1S/C16H20ClNO2S/c1-10-18-13(8-21-10)7-20-14(19)15-3-11-2-12(4-15)6-16(17,5-11)9-15/h8,11-12H,2-7,9H2,1H3. The first-order valence-electron chi connectivity index (χ1n) is 7.74. The molecule has 0 saturated heterocycles. The van der Waals surface area contributed by atoms with E-state index in [0.29, 0.717) is 18.4 Å². The molecule has 2 atom stereocenters. The van der Waals surface area contributed by atoms with Gasteiger partial charge in [-0.3, -0.25) is 4.79 Å². The van der Waals surface area contributed by atoms with Gasteiger partial charge in [-0.1, -0.05) is 0 Å². The number of thiazole rings is 1. The number of hydrogen-bond donors (Lipinski definition) is 0. The molecule has 4 aliphatic rings. The van der Waals surface area contributed by atoms with Gasteiger partial charge < -0.3 is 4.74 Å². The summed E-state index contributed by atoms with van der Waals surface area (Å²) >= 11 is 8.36. The smallest absolute Gasteiger partial charge is 0.312 e. The van der Waals surface area contributed by atoms with E-state index in [1.165, 1.54) is 6.42 Å². The third-order valence-electron chi connectivity index (χ3n) is 5.44. The molecule has 0 N–H and O–H groups in total. The first kappa shape index (κ1) is 14.0. The van der Waals surface area contributed by atoms with E-state index in [1.807, 2.05) is 12.3 Å². The second-order valence-corrected chi connectivity index (χ2v) is 9.19. The van der Waals surface area contributed by atoms with Gasteiger partial charge in [-0.05, 0) is 57.3 Å². The number of rotatable bonds is 3. The molecule has 114 valence electrons. The van der Waals surface area contributed by atoms with Gasteiger partial charge in [-0.15, -0.1) is 22.9 Å². The van der Waals surface area contributed by atoms with Crippen molar-refractivity contribution in [2.24, 2.45) is 17.3 Å². The fourth-order valence-corrected chi connectivity index (χ4v) is 6.45. The summed E-state index contributed by atoms with van der Waals surface area (Å²) in [6.07, 6.45) is 6.20. The van der Waals surface area contributed by atoms with Crippen molar-refractivity contribution in [3.63, 3.8) is 0 Å². The van der Waals surface area contributed by atoms with Gasteiger partial charge in [0.05, 0.1) is 16.1 Å². The van der Waals surface area contributed by atoms with Crippen molar-refractivity contribution in [2.45, 2.75) is 56.9 Å². The first-order chi connectivity index (χ1) is 9.96. The van der Waals surface area contributed by atoms with Crippen LogP contribution in [0.25, 0.3) is 0 Å². The number of ether oxygens (including phenoxy) is 1. The quantitative estimate of drug-likeness (QED) is 0.621. The summed E-state index contributed by atoms with van der Waals surface area (Å²) in [5.41, 5.74) is 0.549. The maximum absolute atomic E-state index is 12.7. The zero-order valence-corrected chi connectivity index (χ0v) is 13.8. The van der Waals surface area contributed by atoms with Crippen molar-refractivity contribution in [2.75, 3.05) is 0 Å². The van der Waals surface area contributed by atoms with Crippen LogP contribution in [-0.4, -0.2) is 15.8 Å². The second kappa shape index (κ2) is 4.69. The van der Waals surface area contributed by atoms with E-state index in [1.54, 1.807) is 11.3 Å². The molecule has 5 rings (SSSR count). The van der Waals surface area contributed by atoms with Gasteiger partial charge in [0.1, 0.15) is 6.61 Å².